The number of hydrogen-bond acceptors (Lipinski definition) is 14. The highest BCUT2D eigenvalue weighted by Gasteiger charge is 2.48. The molecule has 12 rings (SSSR count). The lowest BCUT2D eigenvalue weighted by Crippen LogP contribution is -2.40. The van der Waals surface area contributed by atoms with Crippen molar-refractivity contribution in [3.63, 3.8) is 0 Å². The molecule has 8 saturated carbocycles. The maximum Gasteiger partial charge on any atom is 0.339 e. The van der Waals surface area contributed by atoms with E-state index >= 15 is 0 Å². The predicted molar refractivity (Wildman–Crippen MR) is 529 cm³/mol. The van der Waals surface area contributed by atoms with Crippen LogP contribution in [0.3, 0.4) is 0 Å². The van der Waals surface area contributed by atoms with Gasteiger partial charge in [0.25, 0.3) is 0 Å². The Kier molecular flexibility index (Phi) is 42.5. The van der Waals surface area contributed by atoms with Gasteiger partial charge in [0.1, 0.15) is 28.3 Å². The van der Waals surface area contributed by atoms with Crippen molar-refractivity contribution in [2.75, 3.05) is 26.4 Å². The van der Waals surface area contributed by atoms with Crippen molar-refractivity contribution in [2.45, 2.75) is 423 Å². The second-order valence-corrected chi connectivity index (χ2v) is 42.4. The summed E-state index contributed by atoms with van der Waals surface area (Å²) in [4.78, 5) is 80.5. The summed E-state index contributed by atoms with van der Waals surface area (Å²) < 4.78 is 49.8. The van der Waals surface area contributed by atoms with Gasteiger partial charge in [-0.15, -0.1) is 0 Å². The van der Waals surface area contributed by atoms with Gasteiger partial charge >= 0.3 is 35.8 Å². The fraction of sp³-hybridized carbons (Fsp3) is 0.695. The molecule has 0 spiro atoms. The molecule has 0 saturated heterocycles. The molecule has 8 aliphatic carbocycles. The second-order valence-electron chi connectivity index (χ2n) is 42.4. The van der Waals surface area contributed by atoms with Crippen LogP contribution in [0.15, 0.2) is 122 Å². The summed E-state index contributed by atoms with van der Waals surface area (Å²) in [5.74, 6) is 15.8. The number of carbonyl (C=O) groups excluding carboxylic acids is 6. The third-order valence-electron chi connectivity index (χ3n) is 33.5. The van der Waals surface area contributed by atoms with E-state index in [1.807, 2.05) is 36.4 Å². The number of esters is 6. The fourth-order valence-corrected chi connectivity index (χ4v) is 25.4. The lowest BCUT2D eigenvalue weighted by atomic mass is 9.65. The Morgan fingerprint density at radius 2 is 0.583 bits per heavy atom. The molecule has 14 nitrogen and oxygen atoms in total. The average Bonchev–Trinajstić information content (AvgIpc) is 0.730. The molecule has 0 radical (unpaired) electrons. The van der Waals surface area contributed by atoms with Crippen molar-refractivity contribution in [3.05, 3.63) is 156 Å². The van der Waals surface area contributed by atoms with Crippen LogP contribution in [0.2, 0.25) is 0 Å². The van der Waals surface area contributed by atoms with Crippen molar-refractivity contribution in [1.29, 1.82) is 0 Å². The summed E-state index contributed by atoms with van der Waals surface area (Å²) in [7, 11) is 0. The van der Waals surface area contributed by atoms with Gasteiger partial charge in [0.05, 0.1) is 37.6 Å². The molecule has 0 N–H and O–H groups in total. The molecule has 0 aliphatic heterocycles. The first-order valence-electron chi connectivity index (χ1n) is 54.1. The number of hydrogen-bond donors (Lipinski definition) is 0. The molecule has 8 fully saturated rings. The van der Waals surface area contributed by atoms with Gasteiger partial charge < -0.3 is 37.9 Å². The number of ether oxygens (including phenoxy) is 8. The maximum atomic E-state index is 14.6. The van der Waals surface area contributed by atoms with Crippen molar-refractivity contribution >= 4 is 35.8 Å². The minimum atomic E-state index is -0.921. The molecule has 0 amide bonds. The number of benzene rings is 4. The molecule has 0 aromatic heterocycles. The third-order valence-corrected chi connectivity index (χ3v) is 33.5. The molecule has 4 aromatic rings. The zero-order chi connectivity index (χ0) is 92.7. The van der Waals surface area contributed by atoms with Gasteiger partial charge in [0.2, 0.25) is 0 Å². The van der Waals surface area contributed by atoms with Gasteiger partial charge in [-0.3, -0.25) is 9.59 Å². The smallest absolute Gasteiger partial charge is 0.339 e. The Balaban J connectivity index is 0.637. The van der Waals surface area contributed by atoms with Crippen LogP contribution in [0.25, 0.3) is 0 Å². The normalized spacial score (nSPS) is 27.9. The molecule has 8 aliphatic rings. The molecule has 14 heteroatoms. The first-order chi connectivity index (χ1) is 64.4. The molecular formula is C118H170O14. The van der Waals surface area contributed by atoms with Crippen LogP contribution in [0, 0.1) is 82.9 Å². The lowest BCUT2D eigenvalue weighted by Gasteiger charge is -2.45. The molecule has 0 heterocycles. The van der Waals surface area contributed by atoms with Crippen LogP contribution in [-0.4, -0.2) is 67.8 Å². The molecule has 4 aromatic carbocycles. The van der Waals surface area contributed by atoms with Crippen LogP contribution in [0.1, 0.15) is 443 Å². The van der Waals surface area contributed by atoms with E-state index < -0.39 is 28.4 Å². The van der Waals surface area contributed by atoms with E-state index in [2.05, 4.69) is 101 Å². The van der Waals surface area contributed by atoms with Crippen molar-refractivity contribution in [1.82, 2.24) is 0 Å². The van der Waals surface area contributed by atoms with Gasteiger partial charge in [-0.1, -0.05) is 224 Å². The summed E-state index contributed by atoms with van der Waals surface area (Å²) >= 11 is 0. The second kappa shape index (κ2) is 54.3. The summed E-state index contributed by atoms with van der Waals surface area (Å²) in [6.07, 6.45) is 64.2. The van der Waals surface area contributed by atoms with E-state index in [1.165, 1.54) is 166 Å². The van der Waals surface area contributed by atoms with E-state index in [9.17, 15) is 28.8 Å². The summed E-state index contributed by atoms with van der Waals surface area (Å²) in [6, 6.07) is 32.1. The van der Waals surface area contributed by atoms with E-state index in [1.54, 1.807) is 12.1 Å². The standard InChI is InChI=1S/C118H170O14/c1-7-29-89-35-45-94(46-36-89)98-68-77-115(78-69-98,131-113(123)102-53-63-107(64-54-102)125-85-25-19-21-27-87-127-109(119)11-5)76-67-93-43-57-104(58-44-93)116(79-70-99(71-80-116)95-47-37-90(30-8-2)38-48-95)129-111(121)33-23-17-15-13-14-16-18-24-34-112(122)130-117(81-72-100(73-82-117)96-49-39-91(31-9-3)40-50-96)105-59-61-106(62-60-105)118(83-74-101(75-84-118)97-51-41-92(32-10-4)42-52-97)132-114(124)103-55-65-108(66-56-103)126-86-26-20-22-28-88-128-110(120)12-6/h11-12,43-44,53-66,89-92,94-101H,5-10,13-42,45-52,68-75,77-88H2,1-4H3. The Bertz CT molecular complexity index is 4140. The zero-order valence-electron chi connectivity index (χ0n) is 82.3. The summed E-state index contributed by atoms with van der Waals surface area (Å²) in [5.41, 5.74) is 1.90. The van der Waals surface area contributed by atoms with Crippen LogP contribution >= 0.6 is 0 Å². The SMILES string of the molecule is C=CC(=O)OCCCCCCOc1ccc(C(=O)OC2(C#Cc3ccc(C4(OC(=O)CCCCCCCCCCC(=O)OC5(c6ccc(C7(OC(=O)c8ccc(OCCCCCCOC(=O)C=C)cc8)CCC(C8CCC(CCC)CC8)CC7)cc6)CCC(C6CCC(CCC)CC6)CC5)CCC(C5CCC(CCC)CC5)CC4)cc3)CCC(C3CCC(CCC)CC3)CC2)cc1. The van der Waals surface area contributed by atoms with E-state index in [0.717, 1.165) is 256 Å². The van der Waals surface area contributed by atoms with Crippen molar-refractivity contribution in [3.8, 4) is 23.3 Å². The maximum absolute atomic E-state index is 14.6. The topological polar surface area (TPSA) is 176 Å². The Hall–Kier alpha value is -7.66. The van der Waals surface area contributed by atoms with Gasteiger partial charge in [-0.05, 0) is 373 Å². The van der Waals surface area contributed by atoms with Crippen molar-refractivity contribution < 1.29 is 66.7 Å². The third kappa shape index (κ3) is 31.4. The van der Waals surface area contributed by atoms with Gasteiger partial charge in [0.15, 0.2) is 5.60 Å². The van der Waals surface area contributed by atoms with Crippen LogP contribution in [0.4, 0.5) is 0 Å². The highest BCUT2D eigenvalue weighted by atomic mass is 16.6. The van der Waals surface area contributed by atoms with Gasteiger partial charge in [0, 0.05) is 30.6 Å². The minimum Gasteiger partial charge on any atom is -0.494 e. The fourth-order valence-electron chi connectivity index (χ4n) is 25.4. The zero-order valence-corrected chi connectivity index (χ0v) is 82.3. The molecular weight excluding hydrogens is 1640 g/mol. The monoisotopic (exact) mass is 1810 g/mol. The van der Waals surface area contributed by atoms with Crippen LogP contribution in [0.5, 0.6) is 11.5 Å². The lowest BCUT2D eigenvalue weighted by molar-refractivity contribution is -0.168. The molecule has 132 heavy (non-hydrogen) atoms. The Morgan fingerprint density at radius 3 is 0.902 bits per heavy atom. The molecule has 0 atom stereocenters. The molecule has 0 bridgehead atoms. The first kappa shape index (κ1) is 103. The Morgan fingerprint density at radius 1 is 0.311 bits per heavy atom. The van der Waals surface area contributed by atoms with Crippen molar-refractivity contribution in [2.24, 2.45) is 71.0 Å². The average molecular weight is 1810 g/mol. The number of carbonyl (C=O) groups is 6. The minimum absolute atomic E-state index is 0.0995. The van der Waals surface area contributed by atoms with Crippen LogP contribution < -0.4 is 9.47 Å². The van der Waals surface area contributed by atoms with E-state index in [4.69, 9.17) is 37.9 Å². The molecule has 726 valence electrons. The highest BCUT2D eigenvalue weighted by Crippen LogP contribution is 2.54. The summed E-state index contributed by atoms with van der Waals surface area (Å²) in [5, 5.41) is 0. The van der Waals surface area contributed by atoms with Gasteiger partial charge in [-0.25, -0.2) is 19.2 Å². The Labute approximate surface area is 796 Å². The predicted octanol–water partition coefficient (Wildman–Crippen LogP) is 30.3. The van der Waals surface area contributed by atoms with E-state index in [-0.39, 0.29) is 29.8 Å². The molecule has 0 unspecified atom stereocenters. The quantitative estimate of drug-likeness (QED) is 0.0134. The summed E-state index contributed by atoms with van der Waals surface area (Å²) in [6.45, 7) is 18.1. The first-order valence-corrected chi connectivity index (χ1v) is 54.1. The van der Waals surface area contributed by atoms with Gasteiger partial charge in [-0.2, -0.15) is 0 Å². The van der Waals surface area contributed by atoms with E-state index in [0.29, 0.717) is 104 Å². The number of unbranched alkanes of at least 4 members (excludes halogenated alkanes) is 13. The highest BCUT2D eigenvalue weighted by molar-refractivity contribution is 5.90. The largest absolute Gasteiger partial charge is 0.494 e. The number of rotatable bonds is 50. The van der Waals surface area contributed by atoms with Crippen LogP contribution in [-0.2, 0) is 64.4 Å².